The Hall–Kier alpha value is -3.26. The quantitative estimate of drug-likeness (QED) is 0.669. The second-order valence-corrected chi connectivity index (χ2v) is 7.05. The van der Waals surface area contributed by atoms with Gasteiger partial charge in [0.25, 0.3) is 5.91 Å². The Bertz CT molecular complexity index is 963. The molecule has 3 aromatic rings. The first-order valence-corrected chi connectivity index (χ1v) is 9.76. The van der Waals surface area contributed by atoms with E-state index in [1.165, 1.54) is 0 Å². The summed E-state index contributed by atoms with van der Waals surface area (Å²) >= 11 is 0. The molecule has 4 rings (SSSR count). The number of nitrogens with one attached hydrogen (secondary N) is 2. The summed E-state index contributed by atoms with van der Waals surface area (Å²) in [7, 11) is 0. The third-order valence-electron chi connectivity index (χ3n) is 4.87. The van der Waals surface area contributed by atoms with Crippen molar-refractivity contribution in [2.45, 2.75) is 32.4 Å². The predicted octanol–water partition coefficient (Wildman–Crippen LogP) is 2.49. The topological polar surface area (TPSA) is 94.0 Å². The van der Waals surface area contributed by atoms with Crippen LogP contribution in [0.25, 0.3) is 5.69 Å². The zero-order valence-corrected chi connectivity index (χ0v) is 16.3. The number of carbonyl (C=O) groups is 1. The van der Waals surface area contributed by atoms with Gasteiger partial charge in [0.05, 0.1) is 11.4 Å². The van der Waals surface area contributed by atoms with Gasteiger partial charge in [0.1, 0.15) is 5.82 Å². The molecule has 1 aliphatic heterocycles. The Kier molecular flexibility index (Phi) is 5.81. The standard InChI is InChI=1S/C21H24N6O2/c1-15-8-11-27(26-15)19-5-3-2-4-16(19)14-22-20-7-6-18(24-25-20)21(28)23-17-9-12-29-13-10-17/h2-8,11,17H,9-10,12-14H2,1H3,(H,22,25)(H,23,28). The Morgan fingerprint density at radius 3 is 2.69 bits per heavy atom. The molecular formula is C21H24N6O2. The average molecular weight is 392 g/mol. The van der Waals surface area contributed by atoms with Crippen LogP contribution < -0.4 is 10.6 Å². The number of nitrogens with zero attached hydrogens (tertiary/aromatic N) is 4. The molecule has 3 heterocycles. The maximum absolute atomic E-state index is 12.3. The lowest BCUT2D eigenvalue weighted by atomic mass is 10.1. The SMILES string of the molecule is Cc1ccn(-c2ccccc2CNc2ccc(C(=O)NC3CCOCC3)nn2)n1. The highest BCUT2D eigenvalue weighted by molar-refractivity contribution is 5.92. The van der Waals surface area contributed by atoms with Gasteiger partial charge in [-0.2, -0.15) is 5.10 Å². The normalized spacial score (nSPS) is 14.5. The molecule has 0 spiro atoms. The molecule has 1 fully saturated rings. The highest BCUT2D eigenvalue weighted by Gasteiger charge is 2.18. The van der Waals surface area contributed by atoms with Crippen molar-refractivity contribution in [2.75, 3.05) is 18.5 Å². The fourth-order valence-corrected chi connectivity index (χ4v) is 3.27. The van der Waals surface area contributed by atoms with Gasteiger partial charge in [-0.25, -0.2) is 4.68 Å². The van der Waals surface area contributed by atoms with Crippen molar-refractivity contribution in [1.29, 1.82) is 0 Å². The van der Waals surface area contributed by atoms with Crippen LogP contribution in [0.2, 0.25) is 0 Å². The van der Waals surface area contributed by atoms with Crippen LogP contribution in [0.5, 0.6) is 0 Å². The summed E-state index contributed by atoms with van der Waals surface area (Å²) in [5, 5.41) is 18.9. The van der Waals surface area contributed by atoms with Crippen LogP contribution in [-0.2, 0) is 11.3 Å². The van der Waals surface area contributed by atoms with Crippen LogP contribution >= 0.6 is 0 Å². The third kappa shape index (κ3) is 4.78. The van der Waals surface area contributed by atoms with Crippen molar-refractivity contribution >= 4 is 11.7 Å². The van der Waals surface area contributed by atoms with E-state index in [-0.39, 0.29) is 11.9 Å². The van der Waals surface area contributed by atoms with Crippen molar-refractivity contribution in [3.63, 3.8) is 0 Å². The van der Waals surface area contributed by atoms with Gasteiger partial charge in [-0.15, -0.1) is 10.2 Å². The van der Waals surface area contributed by atoms with E-state index in [9.17, 15) is 4.79 Å². The molecule has 0 saturated carbocycles. The number of hydrogen-bond donors (Lipinski definition) is 2. The lowest BCUT2D eigenvalue weighted by Gasteiger charge is -2.22. The molecule has 29 heavy (non-hydrogen) atoms. The van der Waals surface area contributed by atoms with Crippen molar-refractivity contribution in [3.05, 3.63) is 65.6 Å². The molecule has 0 radical (unpaired) electrons. The summed E-state index contributed by atoms with van der Waals surface area (Å²) in [4.78, 5) is 12.3. The van der Waals surface area contributed by atoms with E-state index in [1.807, 2.05) is 48.1 Å². The minimum atomic E-state index is -0.199. The molecule has 8 heteroatoms. The lowest BCUT2D eigenvalue weighted by Crippen LogP contribution is -2.39. The van der Waals surface area contributed by atoms with Crippen LogP contribution in [0.1, 0.15) is 34.6 Å². The van der Waals surface area contributed by atoms with Gasteiger partial charge in [-0.05, 0) is 49.6 Å². The van der Waals surface area contributed by atoms with Crippen molar-refractivity contribution in [2.24, 2.45) is 0 Å². The summed E-state index contributed by atoms with van der Waals surface area (Å²) in [5.74, 6) is 0.411. The van der Waals surface area contributed by atoms with Gasteiger partial charge in [0.2, 0.25) is 0 Å². The summed E-state index contributed by atoms with van der Waals surface area (Å²) in [5.41, 5.74) is 3.37. The van der Waals surface area contributed by atoms with Crippen LogP contribution in [0.3, 0.4) is 0 Å². The Morgan fingerprint density at radius 2 is 1.97 bits per heavy atom. The van der Waals surface area contributed by atoms with E-state index >= 15 is 0 Å². The van der Waals surface area contributed by atoms with Crippen molar-refractivity contribution in [1.82, 2.24) is 25.3 Å². The number of benzene rings is 1. The number of para-hydroxylation sites is 1. The monoisotopic (exact) mass is 392 g/mol. The first-order chi connectivity index (χ1) is 14.2. The number of carbonyl (C=O) groups excluding carboxylic acids is 1. The van der Waals surface area contributed by atoms with Gasteiger partial charge in [0.15, 0.2) is 5.69 Å². The number of ether oxygens (including phenoxy) is 1. The summed E-state index contributed by atoms with van der Waals surface area (Å²) in [6, 6.07) is 13.6. The average Bonchev–Trinajstić information content (AvgIpc) is 3.19. The van der Waals surface area contributed by atoms with Gasteiger partial charge >= 0.3 is 0 Å². The van der Waals surface area contributed by atoms with Crippen molar-refractivity contribution in [3.8, 4) is 5.69 Å². The maximum atomic E-state index is 12.3. The molecule has 2 aromatic heterocycles. The van der Waals surface area contributed by atoms with Gasteiger partial charge in [0, 0.05) is 32.0 Å². The molecule has 0 bridgehead atoms. The van der Waals surface area contributed by atoms with Crippen LogP contribution in [-0.4, -0.2) is 45.1 Å². The number of rotatable bonds is 6. The molecule has 150 valence electrons. The zero-order chi connectivity index (χ0) is 20.1. The first kappa shape index (κ1) is 19.1. The molecule has 0 unspecified atom stereocenters. The van der Waals surface area contributed by atoms with Gasteiger partial charge in [-0.1, -0.05) is 18.2 Å². The minimum absolute atomic E-state index is 0.137. The number of aromatic nitrogens is 4. The zero-order valence-electron chi connectivity index (χ0n) is 16.3. The summed E-state index contributed by atoms with van der Waals surface area (Å²) in [6.45, 7) is 3.89. The molecule has 1 amide bonds. The molecule has 1 aromatic carbocycles. The van der Waals surface area contributed by atoms with Crippen LogP contribution in [0, 0.1) is 6.92 Å². The van der Waals surface area contributed by atoms with E-state index in [1.54, 1.807) is 12.1 Å². The second kappa shape index (κ2) is 8.83. The molecule has 1 saturated heterocycles. The third-order valence-corrected chi connectivity index (χ3v) is 4.87. The van der Waals surface area contributed by atoms with Gasteiger partial charge < -0.3 is 15.4 Å². The molecule has 2 N–H and O–H groups in total. The molecule has 0 aliphatic carbocycles. The molecular weight excluding hydrogens is 368 g/mol. The highest BCUT2D eigenvalue weighted by Crippen LogP contribution is 2.16. The van der Waals surface area contributed by atoms with E-state index in [2.05, 4.69) is 25.9 Å². The minimum Gasteiger partial charge on any atom is -0.381 e. The fraction of sp³-hybridized carbons (Fsp3) is 0.333. The number of hydrogen-bond acceptors (Lipinski definition) is 6. The number of amides is 1. The highest BCUT2D eigenvalue weighted by atomic mass is 16.5. The smallest absolute Gasteiger partial charge is 0.272 e. The molecule has 8 nitrogen and oxygen atoms in total. The maximum Gasteiger partial charge on any atom is 0.272 e. The Balaban J connectivity index is 1.38. The lowest BCUT2D eigenvalue weighted by molar-refractivity contribution is 0.0693. The second-order valence-electron chi connectivity index (χ2n) is 7.05. The van der Waals surface area contributed by atoms with E-state index in [0.29, 0.717) is 31.3 Å². The van der Waals surface area contributed by atoms with Crippen molar-refractivity contribution < 1.29 is 9.53 Å². The van der Waals surface area contributed by atoms with Gasteiger partial charge in [-0.3, -0.25) is 4.79 Å². The first-order valence-electron chi connectivity index (χ1n) is 9.76. The van der Waals surface area contributed by atoms with E-state index < -0.39 is 0 Å². The van der Waals surface area contributed by atoms with Crippen LogP contribution in [0.15, 0.2) is 48.7 Å². The van der Waals surface area contributed by atoms with E-state index in [0.717, 1.165) is 29.8 Å². The summed E-state index contributed by atoms with van der Waals surface area (Å²) < 4.78 is 7.17. The predicted molar refractivity (Wildman–Crippen MR) is 109 cm³/mol. The molecule has 1 aliphatic rings. The fourth-order valence-electron chi connectivity index (χ4n) is 3.27. The Labute approximate surface area is 169 Å². The van der Waals surface area contributed by atoms with E-state index in [4.69, 9.17) is 4.74 Å². The number of anilines is 1. The molecule has 0 atom stereocenters. The summed E-state index contributed by atoms with van der Waals surface area (Å²) in [6.07, 6.45) is 3.60. The number of aryl methyl sites for hydroxylation is 1. The van der Waals surface area contributed by atoms with Crippen LogP contribution in [0.4, 0.5) is 5.82 Å². The Morgan fingerprint density at radius 1 is 1.14 bits per heavy atom. The largest absolute Gasteiger partial charge is 0.381 e.